The van der Waals surface area contributed by atoms with E-state index in [2.05, 4.69) is 5.32 Å². The molecule has 0 radical (unpaired) electrons. The Bertz CT molecular complexity index is 460. The zero-order valence-corrected chi connectivity index (χ0v) is 10.3. The van der Waals surface area contributed by atoms with Gasteiger partial charge < -0.3 is 19.7 Å². The summed E-state index contributed by atoms with van der Waals surface area (Å²) in [7, 11) is 1.75. The van der Waals surface area contributed by atoms with Crippen molar-refractivity contribution in [2.45, 2.75) is 6.42 Å². The normalized spacial score (nSPS) is 14.1. The number of nitrogens with one attached hydrogen (secondary N) is 1. The number of benzene rings is 1. The van der Waals surface area contributed by atoms with Crippen molar-refractivity contribution < 1.29 is 14.3 Å². The molecule has 5 heteroatoms. The summed E-state index contributed by atoms with van der Waals surface area (Å²) in [6.45, 7) is 1.20. The maximum atomic E-state index is 11.5. The van der Waals surface area contributed by atoms with Crippen molar-refractivity contribution in [3.63, 3.8) is 0 Å². The Balaban J connectivity index is 2.06. The first-order valence-electron chi connectivity index (χ1n) is 5.89. The molecule has 0 aromatic heterocycles. The van der Waals surface area contributed by atoms with Crippen molar-refractivity contribution in [2.24, 2.45) is 0 Å². The summed E-state index contributed by atoms with van der Waals surface area (Å²) in [5.74, 6) is 0.695. The third kappa shape index (κ3) is 2.68. The fourth-order valence-electron chi connectivity index (χ4n) is 1.87. The standard InChI is InChI=1S/C13H16N2O3/c1-15-11-8-10(4-5-14-6-7-16)2-3-12(11)18-9-13(15)17/h2-3,7-8,14H,4-6,9H2,1H3. The van der Waals surface area contributed by atoms with Crippen molar-refractivity contribution >= 4 is 17.9 Å². The van der Waals surface area contributed by atoms with Gasteiger partial charge in [0, 0.05) is 7.05 Å². The number of rotatable bonds is 5. The van der Waals surface area contributed by atoms with Crippen LogP contribution in [0.15, 0.2) is 18.2 Å². The number of carbonyl (C=O) groups is 2. The van der Waals surface area contributed by atoms with Crippen molar-refractivity contribution in [1.82, 2.24) is 5.32 Å². The lowest BCUT2D eigenvalue weighted by atomic mass is 10.1. The van der Waals surface area contributed by atoms with Gasteiger partial charge in [0.25, 0.3) is 5.91 Å². The third-order valence-corrected chi connectivity index (χ3v) is 2.93. The van der Waals surface area contributed by atoms with Crippen molar-refractivity contribution in [1.29, 1.82) is 0 Å². The molecule has 0 saturated carbocycles. The quantitative estimate of drug-likeness (QED) is 0.604. The van der Waals surface area contributed by atoms with Gasteiger partial charge in [0.2, 0.25) is 0 Å². The van der Waals surface area contributed by atoms with Gasteiger partial charge in [-0.05, 0) is 30.7 Å². The summed E-state index contributed by atoms with van der Waals surface area (Å²) in [5, 5.41) is 3.00. The fourth-order valence-corrected chi connectivity index (χ4v) is 1.87. The second-order valence-electron chi connectivity index (χ2n) is 4.16. The third-order valence-electron chi connectivity index (χ3n) is 2.93. The molecular weight excluding hydrogens is 232 g/mol. The first-order valence-corrected chi connectivity index (χ1v) is 5.89. The lowest BCUT2D eigenvalue weighted by Crippen LogP contribution is -2.35. The molecule has 2 rings (SSSR count). The zero-order valence-electron chi connectivity index (χ0n) is 10.3. The highest BCUT2D eigenvalue weighted by molar-refractivity contribution is 5.97. The topological polar surface area (TPSA) is 58.6 Å². The highest BCUT2D eigenvalue weighted by atomic mass is 16.5. The van der Waals surface area contributed by atoms with Crippen LogP contribution >= 0.6 is 0 Å². The molecule has 0 atom stereocenters. The zero-order chi connectivity index (χ0) is 13.0. The van der Waals surface area contributed by atoms with Crippen LogP contribution in [0.1, 0.15) is 5.56 Å². The number of amides is 1. The molecule has 0 spiro atoms. The summed E-state index contributed by atoms with van der Waals surface area (Å²) >= 11 is 0. The van der Waals surface area contributed by atoms with E-state index in [1.807, 2.05) is 18.2 Å². The number of hydrogen-bond acceptors (Lipinski definition) is 4. The minimum absolute atomic E-state index is 0.0428. The molecule has 1 aliphatic rings. The van der Waals surface area contributed by atoms with Crippen LogP contribution in [0.2, 0.25) is 0 Å². The summed E-state index contributed by atoms with van der Waals surface area (Å²) in [4.78, 5) is 23.3. The van der Waals surface area contributed by atoms with E-state index in [1.54, 1.807) is 11.9 Å². The molecule has 1 N–H and O–H groups in total. The van der Waals surface area contributed by atoms with Gasteiger partial charge in [-0.15, -0.1) is 0 Å². The molecule has 1 heterocycles. The largest absolute Gasteiger partial charge is 0.482 e. The van der Waals surface area contributed by atoms with Gasteiger partial charge >= 0.3 is 0 Å². The Morgan fingerprint density at radius 2 is 2.33 bits per heavy atom. The molecular formula is C13H16N2O3. The van der Waals surface area contributed by atoms with Crippen LogP contribution in [0.25, 0.3) is 0 Å². The summed E-state index contributed by atoms with van der Waals surface area (Å²) < 4.78 is 5.35. The van der Waals surface area contributed by atoms with Crippen LogP contribution in [0.4, 0.5) is 5.69 Å². The van der Waals surface area contributed by atoms with Crippen LogP contribution in [-0.2, 0) is 16.0 Å². The number of ether oxygens (including phenoxy) is 1. The van der Waals surface area contributed by atoms with Gasteiger partial charge in [-0.1, -0.05) is 6.07 Å². The van der Waals surface area contributed by atoms with Gasteiger partial charge in [-0.3, -0.25) is 4.79 Å². The van der Waals surface area contributed by atoms with Gasteiger partial charge in [0.05, 0.1) is 12.2 Å². The molecule has 18 heavy (non-hydrogen) atoms. The number of anilines is 1. The van der Waals surface area contributed by atoms with E-state index >= 15 is 0 Å². The molecule has 0 aliphatic carbocycles. The van der Waals surface area contributed by atoms with Crippen LogP contribution in [0.3, 0.4) is 0 Å². The summed E-state index contributed by atoms with van der Waals surface area (Å²) in [5.41, 5.74) is 1.91. The molecule has 0 saturated heterocycles. The first-order chi connectivity index (χ1) is 8.72. The van der Waals surface area contributed by atoms with Crippen LogP contribution in [0.5, 0.6) is 5.75 Å². The predicted molar refractivity (Wildman–Crippen MR) is 68.0 cm³/mol. The Kier molecular flexibility index (Phi) is 3.94. The van der Waals surface area contributed by atoms with E-state index in [0.717, 1.165) is 36.3 Å². The number of hydrogen-bond donors (Lipinski definition) is 1. The highest BCUT2D eigenvalue weighted by Gasteiger charge is 2.21. The minimum Gasteiger partial charge on any atom is -0.482 e. The van der Waals surface area contributed by atoms with Crippen molar-refractivity contribution in [2.75, 3.05) is 31.6 Å². The maximum absolute atomic E-state index is 11.5. The number of fused-ring (bicyclic) bond motifs is 1. The smallest absolute Gasteiger partial charge is 0.264 e. The molecule has 96 valence electrons. The van der Waals surface area contributed by atoms with Crippen LogP contribution in [-0.4, -0.2) is 38.9 Å². The van der Waals surface area contributed by atoms with E-state index in [1.165, 1.54) is 0 Å². The van der Waals surface area contributed by atoms with E-state index in [9.17, 15) is 9.59 Å². The maximum Gasteiger partial charge on any atom is 0.264 e. The lowest BCUT2D eigenvalue weighted by Gasteiger charge is -2.26. The number of carbonyl (C=O) groups excluding carboxylic acids is 2. The molecule has 5 nitrogen and oxygen atoms in total. The van der Waals surface area contributed by atoms with Crippen molar-refractivity contribution in [3.8, 4) is 5.75 Å². The van der Waals surface area contributed by atoms with Crippen LogP contribution in [0, 0.1) is 0 Å². The van der Waals surface area contributed by atoms with Crippen molar-refractivity contribution in [3.05, 3.63) is 23.8 Å². The monoisotopic (exact) mass is 248 g/mol. The SMILES string of the molecule is CN1C(=O)COc2ccc(CCNCC=O)cc21. The lowest BCUT2D eigenvalue weighted by molar-refractivity contribution is -0.121. The molecule has 0 unspecified atom stereocenters. The second kappa shape index (κ2) is 5.64. The Morgan fingerprint density at radius 1 is 1.50 bits per heavy atom. The van der Waals surface area contributed by atoms with Gasteiger partial charge in [-0.2, -0.15) is 0 Å². The number of likely N-dealkylation sites (N-methyl/N-ethyl adjacent to an activating group) is 1. The van der Waals surface area contributed by atoms with Gasteiger partial charge in [-0.25, -0.2) is 0 Å². The average Bonchev–Trinajstić information content (AvgIpc) is 2.39. The fraction of sp³-hybridized carbons (Fsp3) is 0.385. The molecule has 1 aromatic rings. The molecule has 0 fully saturated rings. The average molecular weight is 248 g/mol. The Hall–Kier alpha value is -1.88. The number of nitrogens with zero attached hydrogens (tertiary/aromatic N) is 1. The van der Waals surface area contributed by atoms with Gasteiger partial charge in [0.1, 0.15) is 12.0 Å². The second-order valence-corrected chi connectivity index (χ2v) is 4.16. The van der Waals surface area contributed by atoms with E-state index < -0.39 is 0 Å². The minimum atomic E-state index is -0.0428. The molecule has 0 bridgehead atoms. The predicted octanol–water partition coefficient (Wildman–Crippen LogP) is 0.373. The van der Waals surface area contributed by atoms with E-state index in [0.29, 0.717) is 6.54 Å². The Morgan fingerprint density at radius 3 is 3.11 bits per heavy atom. The Labute approximate surface area is 106 Å². The molecule has 1 aromatic carbocycles. The first kappa shape index (κ1) is 12.6. The summed E-state index contributed by atoms with van der Waals surface area (Å²) in [6, 6.07) is 5.81. The highest BCUT2D eigenvalue weighted by Crippen LogP contribution is 2.31. The van der Waals surface area contributed by atoms with E-state index in [-0.39, 0.29) is 12.5 Å². The molecule has 1 amide bonds. The molecule has 1 aliphatic heterocycles. The van der Waals surface area contributed by atoms with Gasteiger partial charge in [0.15, 0.2) is 6.61 Å². The van der Waals surface area contributed by atoms with E-state index in [4.69, 9.17) is 4.74 Å². The number of aldehydes is 1. The summed E-state index contributed by atoms with van der Waals surface area (Å²) in [6.07, 6.45) is 1.65. The van der Waals surface area contributed by atoms with Crippen LogP contribution < -0.4 is 15.0 Å².